The third-order valence-corrected chi connectivity index (χ3v) is 7.65. The summed E-state index contributed by atoms with van der Waals surface area (Å²) < 4.78 is 79.0. The van der Waals surface area contributed by atoms with Crippen LogP contribution < -0.4 is 9.04 Å². The van der Waals surface area contributed by atoms with Crippen molar-refractivity contribution in [3.63, 3.8) is 0 Å². The summed E-state index contributed by atoms with van der Waals surface area (Å²) in [7, 11) is -4.46. The number of carboxylic acid groups (broad SMARTS) is 1. The van der Waals surface area contributed by atoms with Gasteiger partial charge in [0, 0.05) is 12.0 Å². The first-order valence-electron chi connectivity index (χ1n) is 11.2. The highest BCUT2D eigenvalue weighted by Crippen LogP contribution is 2.40. The highest BCUT2D eigenvalue weighted by Gasteiger charge is 2.37. The summed E-state index contributed by atoms with van der Waals surface area (Å²) in [6.07, 6.45) is -2.32. The highest BCUT2D eigenvalue weighted by atomic mass is 32.2. The van der Waals surface area contributed by atoms with Crippen molar-refractivity contribution in [3.8, 4) is 5.75 Å². The Kier molecular flexibility index (Phi) is 7.05. The Morgan fingerprint density at radius 1 is 1.19 bits per heavy atom. The number of rotatable bonds is 7. The van der Waals surface area contributed by atoms with E-state index in [0.717, 1.165) is 28.1 Å². The second-order valence-electron chi connectivity index (χ2n) is 8.53. The minimum atomic E-state index is -4.73. The number of carboxylic acids is 1. The molecule has 2 aromatic carbocycles. The lowest BCUT2D eigenvalue weighted by Crippen LogP contribution is -2.43. The van der Waals surface area contributed by atoms with Crippen molar-refractivity contribution in [1.82, 2.24) is 5.16 Å². The Balaban J connectivity index is 1.76. The first-order chi connectivity index (χ1) is 17.4. The largest absolute Gasteiger partial charge is 0.486 e. The van der Waals surface area contributed by atoms with Gasteiger partial charge in [0.05, 0.1) is 28.4 Å². The fraction of sp³-hybridized carbons (Fsp3) is 0.280. The zero-order valence-electron chi connectivity index (χ0n) is 19.8. The molecule has 0 bridgehead atoms. The van der Waals surface area contributed by atoms with E-state index in [1.807, 2.05) is 0 Å². The molecule has 8 nitrogen and oxygen atoms in total. The Bertz CT molecular complexity index is 1440. The molecule has 1 atom stereocenters. The number of halogens is 3. The first kappa shape index (κ1) is 26.3. The summed E-state index contributed by atoms with van der Waals surface area (Å²) in [6, 6.07) is 8.26. The quantitative estimate of drug-likeness (QED) is 0.436. The van der Waals surface area contributed by atoms with Gasteiger partial charge in [-0.15, -0.1) is 0 Å². The molecule has 0 aliphatic carbocycles. The maximum atomic E-state index is 13.6. The number of nitrogens with zero attached hydrogens (tertiary/aromatic N) is 2. The molecule has 1 aliphatic heterocycles. The van der Waals surface area contributed by atoms with E-state index in [1.165, 1.54) is 0 Å². The summed E-state index contributed by atoms with van der Waals surface area (Å²) in [5, 5.41) is 12.9. The van der Waals surface area contributed by atoms with E-state index in [2.05, 4.69) is 5.16 Å². The minimum absolute atomic E-state index is 0.0110. The number of carbonyl (C=O) groups is 1. The van der Waals surface area contributed by atoms with Crippen LogP contribution in [0.3, 0.4) is 0 Å². The molecule has 196 valence electrons. The lowest BCUT2D eigenvalue weighted by Gasteiger charge is -2.35. The maximum absolute atomic E-state index is 13.6. The molecular weight excluding hydrogens is 513 g/mol. The van der Waals surface area contributed by atoms with Crippen LogP contribution in [0.4, 0.5) is 18.9 Å². The SMILES string of the molecule is Cc1noc(C)c1C=Cc1ccc2c(c1)N(S(=O)(=O)c1cccc(C(F)(F)F)c1)CC(CCC(=O)O)O2. The third kappa shape index (κ3) is 5.63. The molecule has 1 aromatic heterocycles. The highest BCUT2D eigenvalue weighted by molar-refractivity contribution is 7.92. The number of sulfonamides is 1. The Morgan fingerprint density at radius 3 is 2.59 bits per heavy atom. The Labute approximate surface area is 211 Å². The van der Waals surface area contributed by atoms with Gasteiger partial charge in [-0.3, -0.25) is 9.10 Å². The van der Waals surface area contributed by atoms with Crippen molar-refractivity contribution < 1.29 is 40.8 Å². The molecular formula is C25H23F3N2O6S. The number of benzene rings is 2. The van der Waals surface area contributed by atoms with E-state index < -0.39 is 38.7 Å². The van der Waals surface area contributed by atoms with Crippen LogP contribution in [0, 0.1) is 13.8 Å². The molecule has 0 fully saturated rings. The van der Waals surface area contributed by atoms with E-state index in [-0.39, 0.29) is 30.8 Å². The molecule has 2 heterocycles. The molecule has 0 amide bonds. The molecule has 0 saturated carbocycles. The first-order valence-corrected chi connectivity index (χ1v) is 12.6. The van der Waals surface area contributed by atoms with Crippen molar-refractivity contribution in [2.75, 3.05) is 10.8 Å². The minimum Gasteiger partial charge on any atom is -0.486 e. The van der Waals surface area contributed by atoms with Gasteiger partial charge in [-0.1, -0.05) is 23.4 Å². The summed E-state index contributed by atoms with van der Waals surface area (Å²) in [5.74, 6) is -0.307. The number of aliphatic carboxylic acids is 1. The second kappa shape index (κ2) is 9.92. The van der Waals surface area contributed by atoms with Gasteiger partial charge in [-0.25, -0.2) is 8.42 Å². The topological polar surface area (TPSA) is 110 Å². The second-order valence-corrected chi connectivity index (χ2v) is 10.4. The summed E-state index contributed by atoms with van der Waals surface area (Å²) in [5.41, 5.74) is 1.06. The van der Waals surface area contributed by atoms with Gasteiger partial charge >= 0.3 is 12.1 Å². The van der Waals surface area contributed by atoms with Gasteiger partial charge < -0.3 is 14.4 Å². The van der Waals surface area contributed by atoms with Crippen LogP contribution >= 0.6 is 0 Å². The van der Waals surface area contributed by atoms with Crippen LogP contribution in [0.15, 0.2) is 51.9 Å². The van der Waals surface area contributed by atoms with Crippen LogP contribution in [0.5, 0.6) is 5.75 Å². The van der Waals surface area contributed by atoms with Crippen LogP contribution in [0.2, 0.25) is 0 Å². The number of fused-ring (bicyclic) bond motifs is 1. The number of anilines is 1. The predicted octanol–water partition coefficient (Wildman–Crippen LogP) is 5.30. The summed E-state index contributed by atoms with van der Waals surface area (Å²) >= 11 is 0. The lowest BCUT2D eigenvalue weighted by molar-refractivity contribution is -0.138. The monoisotopic (exact) mass is 536 g/mol. The lowest BCUT2D eigenvalue weighted by atomic mass is 10.1. The van der Waals surface area contributed by atoms with Crippen molar-refractivity contribution in [1.29, 1.82) is 0 Å². The molecule has 3 aromatic rings. The average molecular weight is 537 g/mol. The fourth-order valence-electron chi connectivity index (χ4n) is 3.96. The summed E-state index contributed by atoms with van der Waals surface area (Å²) in [4.78, 5) is 10.5. The molecule has 37 heavy (non-hydrogen) atoms. The van der Waals surface area contributed by atoms with Gasteiger partial charge in [0.1, 0.15) is 17.6 Å². The standard InChI is InChI=1S/C25H23F3N2O6S/c1-15-21(16(2)36-29-15)9-6-17-7-10-23-22(12-17)30(14-19(35-23)8-11-24(31)32)37(33,34)20-5-3-4-18(13-20)25(26,27)28/h3-7,9-10,12-13,19H,8,11,14H2,1-2H3,(H,31,32). The Morgan fingerprint density at radius 2 is 1.95 bits per heavy atom. The van der Waals surface area contributed by atoms with E-state index in [4.69, 9.17) is 14.4 Å². The van der Waals surface area contributed by atoms with E-state index in [9.17, 15) is 26.4 Å². The zero-order chi connectivity index (χ0) is 27.0. The molecule has 0 radical (unpaired) electrons. The molecule has 0 spiro atoms. The number of ether oxygens (including phenoxy) is 1. The van der Waals surface area contributed by atoms with Gasteiger partial charge in [0.15, 0.2) is 0 Å². The fourth-order valence-corrected chi connectivity index (χ4v) is 5.51. The van der Waals surface area contributed by atoms with E-state index in [0.29, 0.717) is 23.1 Å². The van der Waals surface area contributed by atoms with Crippen molar-refractivity contribution in [2.45, 2.75) is 43.9 Å². The number of alkyl halides is 3. The van der Waals surface area contributed by atoms with Gasteiger partial charge in [-0.05, 0) is 62.2 Å². The van der Waals surface area contributed by atoms with Gasteiger partial charge in [0.25, 0.3) is 10.0 Å². The normalized spacial score (nSPS) is 16.0. The van der Waals surface area contributed by atoms with Crippen LogP contribution in [-0.2, 0) is 21.0 Å². The van der Waals surface area contributed by atoms with E-state index >= 15 is 0 Å². The van der Waals surface area contributed by atoms with Crippen molar-refractivity contribution >= 4 is 33.8 Å². The average Bonchev–Trinajstić information content (AvgIpc) is 3.17. The molecule has 1 N–H and O–H groups in total. The van der Waals surface area contributed by atoms with Crippen LogP contribution in [-0.4, -0.2) is 37.3 Å². The zero-order valence-corrected chi connectivity index (χ0v) is 20.6. The molecule has 12 heteroatoms. The number of hydrogen-bond acceptors (Lipinski definition) is 6. The molecule has 0 saturated heterocycles. The Hall–Kier alpha value is -3.80. The van der Waals surface area contributed by atoms with Crippen molar-refractivity contribution in [2.24, 2.45) is 0 Å². The third-order valence-electron chi connectivity index (χ3n) is 5.88. The summed E-state index contributed by atoms with van der Waals surface area (Å²) in [6.45, 7) is 3.26. The smallest absolute Gasteiger partial charge is 0.416 e. The van der Waals surface area contributed by atoms with E-state index in [1.54, 1.807) is 44.2 Å². The predicted molar refractivity (Wildman–Crippen MR) is 129 cm³/mol. The number of aryl methyl sites for hydroxylation is 2. The maximum Gasteiger partial charge on any atom is 0.416 e. The van der Waals surface area contributed by atoms with Gasteiger partial charge in [0.2, 0.25) is 0 Å². The van der Waals surface area contributed by atoms with Crippen LogP contribution in [0.25, 0.3) is 12.2 Å². The number of hydrogen-bond donors (Lipinski definition) is 1. The molecule has 4 rings (SSSR count). The van der Waals surface area contributed by atoms with Gasteiger partial charge in [-0.2, -0.15) is 13.2 Å². The number of aromatic nitrogens is 1. The van der Waals surface area contributed by atoms with Crippen molar-refractivity contribution in [3.05, 3.63) is 70.6 Å². The molecule has 1 unspecified atom stereocenters. The van der Waals surface area contributed by atoms with Crippen LogP contribution in [0.1, 0.15) is 41.0 Å². The molecule has 1 aliphatic rings.